The van der Waals surface area contributed by atoms with Crippen molar-refractivity contribution in [3.05, 3.63) is 0 Å². The highest BCUT2D eigenvalue weighted by Crippen LogP contribution is 2.25. The maximum Gasteiger partial charge on any atom is 0.00952 e. The van der Waals surface area contributed by atoms with Gasteiger partial charge in [-0.25, -0.2) is 0 Å². The second-order valence-electron chi connectivity index (χ2n) is 4.54. The van der Waals surface area contributed by atoms with Gasteiger partial charge in [0.05, 0.1) is 0 Å². The van der Waals surface area contributed by atoms with Gasteiger partial charge in [-0.3, -0.25) is 0 Å². The minimum atomic E-state index is 0.789. The van der Waals surface area contributed by atoms with Crippen molar-refractivity contribution in [2.24, 2.45) is 0 Å². The van der Waals surface area contributed by atoms with Crippen molar-refractivity contribution in [2.75, 3.05) is 20.1 Å². The molecule has 0 aromatic carbocycles. The van der Waals surface area contributed by atoms with Gasteiger partial charge in [-0.05, 0) is 45.8 Å². The van der Waals surface area contributed by atoms with Crippen LogP contribution < -0.4 is 5.32 Å². The molecule has 2 nitrogen and oxygen atoms in total. The summed E-state index contributed by atoms with van der Waals surface area (Å²) in [5.74, 6) is 0. The Morgan fingerprint density at radius 2 is 1.47 bits per heavy atom. The fraction of sp³-hybridized carbons (Fsp3) is 1.00. The van der Waals surface area contributed by atoms with Crippen molar-refractivity contribution in [1.29, 1.82) is 0 Å². The van der Waals surface area contributed by atoms with E-state index >= 15 is 0 Å². The topological polar surface area (TPSA) is 15.3 Å². The van der Waals surface area contributed by atoms with E-state index < -0.39 is 0 Å². The third kappa shape index (κ3) is 3.76. The lowest BCUT2D eigenvalue weighted by molar-refractivity contribution is 0.147. The van der Waals surface area contributed by atoms with Crippen molar-refractivity contribution in [2.45, 2.75) is 64.5 Å². The Bertz CT molecular complexity index is 145. The molecule has 0 aromatic rings. The Balaban J connectivity index is 0.000000531. The Kier molecular flexibility index (Phi) is 6.26. The van der Waals surface area contributed by atoms with E-state index in [-0.39, 0.29) is 0 Å². The largest absolute Gasteiger partial charge is 0.317 e. The van der Waals surface area contributed by atoms with Crippen LogP contribution in [0.5, 0.6) is 0 Å². The average Bonchev–Trinajstić information content (AvgIpc) is 2.85. The van der Waals surface area contributed by atoms with Gasteiger partial charge in [-0.15, -0.1) is 0 Å². The van der Waals surface area contributed by atoms with Gasteiger partial charge in [-0.1, -0.05) is 26.7 Å². The van der Waals surface area contributed by atoms with Crippen molar-refractivity contribution < 1.29 is 0 Å². The van der Waals surface area contributed by atoms with E-state index in [2.05, 4.69) is 17.3 Å². The minimum Gasteiger partial charge on any atom is -0.317 e. The van der Waals surface area contributed by atoms with Crippen molar-refractivity contribution in [3.8, 4) is 0 Å². The second kappa shape index (κ2) is 7.24. The van der Waals surface area contributed by atoms with Crippen LogP contribution in [-0.2, 0) is 0 Å². The van der Waals surface area contributed by atoms with Crippen LogP contribution in [0.2, 0.25) is 0 Å². The highest BCUT2D eigenvalue weighted by Gasteiger charge is 2.26. The van der Waals surface area contributed by atoms with Gasteiger partial charge in [0, 0.05) is 12.1 Å². The molecule has 15 heavy (non-hydrogen) atoms. The summed E-state index contributed by atoms with van der Waals surface area (Å²) in [6.45, 7) is 6.66. The maximum atomic E-state index is 3.39. The molecule has 2 rings (SSSR count). The standard InChI is InChI=1S/C11H22N2.C2H6/c1-12-10-6-8-13(9-7-10)11-4-2-3-5-11;1-2/h10-12H,2-9H2,1H3;1-2H3. The Morgan fingerprint density at radius 3 is 1.93 bits per heavy atom. The quantitative estimate of drug-likeness (QED) is 0.757. The molecule has 2 aliphatic rings. The molecular formula is C13H28N2. The van der Waals surface area contributed by atoms with Crippen LogP contribution in [0.4, 0.5) is 0 Å². The molecule has 1 aliphatic heterocycles. The first kappa shape index (κ1) is 13.0. The molecule has 0 aromatic heterocycles. The molecule has 1 aliphatic carbocycles. The summed E-state index contributed by atoms with van der Waals surface area (Å²) in [4.78, 5) is 2.72. The van der Waals surface area contributed by atoms with Gasteiger partial charge in [0.15, 0.2) is 0 Å². The highest BCUT2D eigenvalue weighted by atomic mass is 15.2. The molecule has 90 valence electrons. The Labute approximate surface area is 95.4 Å². The molecule has 0 amide bonds. The zero-order valence-electron chi connectivity index (χ0n) is 10.8. The summed E-state index contributed by atoms with van der Waals surface area (Å²) in [6, 6.07) is 1.73. The minimum absolute atomic E-state index is 0.789. The molecule has 1 heterocycles. The lowest BCUT2D eigenvalue weighted by Gasteiger charge is -2.35. The molecule has 1 saturated carbocycles. The summed E-state index contributed by atoms with van der Waals surface area (Å²) < 4.78 is 0. The van der Waals surface area contributed by atoms with Crippen LogP contribution in [-0.4, -0.2) is 37.1 Å². The summed E-state index contributed by atoms with van der Waals surface area (Å²) >= 11 is 0. The Hall–Kier alpha value is -0.0800. The summed E-state index contributed by atoms with van der Waals surface area (Å²) in [5.41, 5.74) is 0. The number of hydrogen-bond donors (Lipinski definition) is 1. The molecule has 0 bridgehead atoms. The van der Waals surface area contributed by atoms with E-state index in [4.69, 9.17) is 0 Å². The predicted molar refractivity (Wildman–Crippen MR) is 67.3 cm³/mol. The highest BCUT2D eigenvalue weighted by molar-refractivity contribution is 4.83. The number of nitrogens with one attached hydrogen (secondary N) is 1. The van der Waals surface area contributed by atoms with Crippen LogP contribution in [0.15, 0.2) is 0 Å². The molecular weight excluding hydrogens is 184 g/mol. The second-order valence-corrected chi connectivity index (χ2v) is 4.54. The van der Waals surface area contributed by atoms with E-state index in [1.807, 2.05) is 13.8 Å². The first-order chi connectivity index (χ1) is 7.40. The molecule has 1 N–H and O–H groups in total. The first-order valence-electron chi connectivity index (χ1n) is 6.81. The monoisotopic (exact) mass is 212 g/mol. The zero-order valence-corrected chi connectivity index (χ0v) is 10.8. The van der Waals surface area contributed by atoms with E-state index in [0.29, 0.717) is 0 Å². The number of likely N-dealkylation sites (tertiary alicyclic amines) is 1. The summed E-state index contributed by atoms with van der Waals surface area (Å²) in [6.07, 6.45) is 8.57. The van der Waals surface area contributed by atoms with Crippen LogP contribution in [0.1, 0.15) is 52.4 Å². The zero-order chi connectivity index (χ0) is 11.1. The van der Waals surface area contributed by atoms with Crippen LogP contribution in [0.3, 0.4) is 0 Å². The Morgan fingerprint density at radius 1 is 0.933 bits per heavy atom. The van der Waals surface area contributed by atoms with Gasteiger partial charge >= 0.3 is 0 Å². The molecule has 0 atom stereocenters. The molecule has 2 fully saturated rings. The van der Waals surface area contributed by atoms with Crippen molar-refractivity contribution in [1.82, 2.24) is 10.2 Å². The molecule has 0 unspecified atom stereocenters. The van der Waals surface area contributed by atoms with E-state index in [9.17, 15) is 0 Å². The van der Waals surface area contributed by atoms with Gasteiger partial charge < -0.3 is 10.2 Å². The molecule has 2 heteroatoms. The predicted octanol–water partition coefficient (Wildman–Crippen LogP) is 2.64. The van der Waals surface area contributed by atoms with Crippen LogP contribution >= 0.6 is 0 Å². The van der Waals surface area contributed by atoms with Gasteiger partial charge in [0.1, 0.15) is 0 Å². The van der Waals surface area contributed by atoms with Crippen LogP contribution in [0, 0.1) is 0 Å². The van der Waals surface area contributed by atoms with Crippen molar-refractivity contribution in [3.63, 3.8) is 0 Å². The lowest BCUT2D eigenvalue weighted by Crippen LogP contribution is -2.45. The third-order valence-corrected chi connectivity index (χ3v) is 3.78. The van der Waals surface area contributed by atoms with Gasteiger partial charge in [0.2, 0.25) is 0 Å². The smallest absolute Gasteiger partial charge is 0.00952 e. The number of rotatable bonds is 2. The van der Waals surface area contributed by atoms with Crippen molar-refractivity contribution >= 4 is 0 Å². The van der Waals surface area contributed by atoms with Gasteiger partial charge in [-0.2, -0.15) is 0 Å². The molecule has 0 spiro atoms. The number of piperidine rings is 1. The average molecular weight is 212 g/mol. The fourth-order valence-electron chi connectivity index (χ4n) is 2.82. The molecule has 1 saturated heterocycles. The first-order valence-corrected chi connectivity index (χ1v) is 6.81. The van der Waals surface area contributed by atoms with Gasteiger partial charge in [0.25, 0.3) is 0 Å². The van der Waals surface area contributed by atoms with E-state index in [1.165, 1.54) is 51.6 Å². The summed E-state index contributed by atoms with van der Waals surface area (Å²) in [5, 5.41) is 3.39. The maximum absolute atomic E-state index is 3.39. The van der Waals surface area contributed by atoms with E-state index in [1.54, 1.807) is 0 Å². The number of hydrogen-bond acceptors (Lipinski definition) is 2. The normalized spacial score (nSPS) is 25.0. The fourth-order valence-corrected chi connectivity index (χ4v) is 2.82. The SMILES string of the molecule is CC.CNC1CCN(C2CCCC2)CC1. The summed E-state index contributed by atoms with van der Waals surface area (Å²) in [7, 11) is 2.09. The van der Waals surface area contributed by atoms with Crippen LogP contribution in [0.25, 0.3) is 0 Å². The molecule has 0 radical (unpaired) electrons. The lowest BCUT2D eigenvalue weighted by atomic mass is 10.0. The number of nitrogens with zero attached hydrogens (tertiary/aromatic N) is 1. The third-order valence-electron chi connectivity index (χ3n) is 3.78. The van der Waals surface area contributed by atoms with E-state index in [0.717, 1.165) is 12.1 Å².